The van der Waals surface area contributed by atoms with E-state index in [0.717, 1.165) is 30.6 Å². The van der Waals surface area contributed by atoms with Crippen LogP contribution in [0.15, 0.2) is 53.4 Å². The average molecular weight is 430 g/mol. The molecule has 0 aliphatic carbocycles. The number of rotatable bonds is 6. The lowest BCUT2D eigenvalue weighted by molar-refractivity contribution is -0.123. The number of para-hydroxylation sites is 1. The molecule has 2 fully saturated rings. The predicted octanol–water partition coefficient (Wildman–Crippen LogP) is 4.78. The van der Waals surface area contributed by atoms with Gasteiger partial charge in [0.2, 0.25) is 0 Å². The summed E-state index contributed by atoms with van der Waals surface area (Å²) in [5.41, 5.74) is 1.66. The van der Waals surface area contributed by atoms with Gasteiger partial charge in [0.25, 0.3) is 5.91 Å². The molecule has 0 saturated carbocycles. The second-order valence-electron chi connectivity index (χ2n) is 6.88. The summed E-state index contributed by atoms with van der Waals surface area (Å²) in [6.45, 7) is 1.56. The van der Waals surface area contributed by atoms with Crippen molar-refractivity contribution in [1.29, 1.82) is 0 Å². The Morgan fingerprint density at radius 2 is 2.03 bits per heavy atom. The topological polar surface area (TPSA) is 38.8 Å². The zero-order valence-electron chi connectivity index (χ0n) is 15.7. The van der Waals surface area contributed by atoms with E-state index in [0.29, 0.717) is 28.1 Å². The fourth-order valence-electron chi connectivity index (χ4n) is 3.26. The van der Waals surface area contributed by atoms with Gasteiger partial charge in [-0.2, -0.15) is 0 Å². The van der Waals surface area contributed by atoms with Crippen molar-refractivity contribution >= 4 is 40.3 Å². The molecule has 0 N–H and O–H groups in total. The Labute approximate surface area is 178 Å². The largest absolute Gasteiger partial charge is 0.488 e. The Balaban J connectivity index is 1.48. The first-order chi connectivity index (χ1) is 14.1. The Hall–Kier alpha value is -2.22. The lowest BCUT2D eigenvalue weighted by Crippen LogP contribution is -2.35. The highest BCUT2D eigenvalue weighted by atomic mass is 32.2. The Kier molecular flexibility index (Phi) is 6.28. The minimum Gasteiger partial charge on any atom is -0.488 e. The van der Waals surface area contributed by atoms with Gasteiger partial charge in [0.05, 0.1) is 17.6 Å². The molecule has 4 nitrogen and oxygen atoms in total. The van der Waals surface area contributed by atoms with Crippen molar-refractivity contribution in [2.24, 2.45) is 0 Å². The van der Waals surface area contributed by atoms with Gasteiger partial charge < -0.3 is 9.47 Å². The van der Waals surface area contributed by atoms with Crippen molar-refractivity contribution in [3.8, 4) is 5.75 Å². The van der Waals surface area contributed by atoms with Crippen LogP contribution in [0.25, 0.3) is 6.08 Å². The van der Waals surface area contributed by atoms with Gasteiger partial charge >= 0.3 is 0 Å². The fraction of sp³-hybridized carbons (Fsp3) is 0.273. The minimum absolute atomic E-state index is 0.0585. The van der Waals surface area contributed by atoms with Gasteiger partial charge in [0, 0.05) is 12.2 Å². The van der Waals surface area contributed by atoms with Crippen LogP contribution in [0.4, 0.5) is 4.39 Å². The maximum atomic E-state index is 13.1. The van der Waals surface area contributed by atoms with Gasteiger partial charge in [-0.05, 0) is 42.7 Å². The monoisotopic (exact) mass is 429 g/mol. The average Bonchev–Trinajstić information content (AvgIpc) is 3.33. The molecule has 0 bridgehead atoms. The van der Waals surface area contributed by atoms with Crippen molar-refractivity contribution < 1.29 is 18.7 Å². The summed E-state index contributed by atoms with van der Waals surface area (Å²) in [6.07, 6.45) is 3.85. The molecule has 2 aliphatic heterocycles. The van der Waals surface area contributed by atoms with Crippen LogP contribution in [0.2, 0.25) is 0 Å². The van der Waals surface area contributed by atoms with Crippen LogP contribution in [0.1, 0.15) is 24.0 Å². The van der Waals surface area contributed by atoms with Crippen molar-refractivity contribution in [1.82, 2.24) is 4.90 Å². The summed E-state index contributed by atoms with van der Waals surface area (Å²) in [4.78, 5) is 15.1. The highest BCUT2D eigenvalue weighted by Crippen LogP contribution is 2.35. The number of carbonyl (C=O) groups excluding carboxylic acids is 1. The fourth-order valence-corrected chi connectivity index (χ4v) is 4.53. The van der Waals surface area contributed by atoms with Gasteiger partial charge in [0.1, 0.15) is 22.5 Å². The third-order valence-corrected chi connectivity index (χ3v) is 6.17. The van der Waals surface area contributed by atoms with E-state index in [9.17, 15) is 9.18 Å². The predicted molar refractivity (Wildman–Crippen MR) is 116 cm³/mol. The molecule has 2 saturated heterocycles. The molecule has 1 amide bonds. The van der Waals surface area contributed by atoms with Crippen LogP contribution in [-0.4, -0.2) is 34.4 Å². The second-order valence-corrected chi connectivity index (χ2v) is 8.56. The second kappa shape index (κ2) is 9.07. The number of halogens is 1. The van der Waals surface area contributed by atoms with E-state index in [2.05, 4.69) is 0 Å². The van der Waals surface area contributed by atoms with E-state index in [1.165, 1.54) is 23.9 Å². The molecule has 29 heavy (non-hydrogen) atoms. The Morgan fingerprint density at radius 1 is 1.24 bits per heavy atom. The number of thioether (sulfide) groups is 1. The molecule has 4 rings (SSSR count). The third-order valence-electron chi connectivity index (χ3n) is 4.80. The minimum atomic E-state index is -0.279. The highest BCUT2D eigenvalue weighted by molar-refractivity contribution is 8.26. The van der Waals surface area contributed by atoms with Crippen LogP contribution >= 0.6 is 24.0 Å². The van der Waals surface area contributed by atoms with Crippen LogP contribution in [0.3, 0.4) is 0 Å². The number of thiocarbonyl (C=S) groups is 1. The first-order valence-electron chi connectivity index (χ1n) is 9.43. The zero-order valence-corrected chi connectivity index (χ0v) is 17.3. The molecule has 0 radical (unpaired) electrons. The van der Waals surface area contributed by atoms with Crippen LogP contribution in [-0.2, 0) is 16.1 Å². The van der Waals surface area contributed by atoms with E-state index >= 15 is 0 Å². The van der Waals surface area contributed by atoms with E-state index < -0.39 is 0 Å². The number of carbonyl (C=O) groups is 1. The summed E-state index contributed by atoms with van der Waals surface area (Å²) in [7, 11) is 0. The Bertz CT molecular complexity index is 939. The summed E-state index contributed by atoms with van der Waals surface area (Å²) < 4.78 is 25.2. The Morgan fingerprint density at radius 3 is 2.79 bits per heavy atom. The van der Waals surface area contributed by atoms with Gasteiger partial charge in [0.15, 0.2) is 0 Å². The molecule has 0 unspecified atom stereocenters. The summed E-state index contributed by atoms with van der Waals surface area (Å²) in [6, 6.07) is 13.7. The molecule has 2 aromatic rings. The molecule has 1 atom stereocenters. The van der Waals surface area contributed by atoms with Gasteiger partial charge in [-0.15, -0.1) is 0 Å². The number of hydrogen-bond donors (Lipinski definition) is 0. The van der Waals surface area contributed by atoms with Crippen LogP contribution < -0.4 is 4.74 Å². The summed E-state index contributed by atoms with van der Waals surface area (Å²) in [5.74, 6) is 0.282. The number of hydrogen-bond acceptors (Lipinski definition) is 5. The van der Waals surface area contributed by atoms with Crippen molar-refractivity contribution in [3.63, 3.8) is 0 Å². The standard InChI is InChI=1S/C22H20FNO3S2/c23-17-9-7-15(8-10-17)14-27-19-6-2-1-4-16(19)12-20-21(25)24(22(28)29-20)13-18-5-3-11-26-18/h1-2,4,6-10,12,18H,3,5,11,13-14H2/b20-12-/t18-/m0/s1. The van der Waals surface area contributed by atoms with Crippen molar-refractivity contribution in [2.75, 3.05) is 13.2 Å². The van der Waals surface area contributed by atoms with Crippen molar-refractivity contribution in [3.05, 3.63) is 70.4 Å². The molecular formula is C22H20FNO3S2. The maximum absolute atomic E-state index is 13.1. The molecule has 2 heterocycles. The highest BCUT2D eigenvalue weighted by Gasteiger charge is 2.34. The quantitative estimate of drug-likeness (QED) is 0.488. The van der Waals surface area contributed by atoms with E-state index in [-0.39, 0.29) is 17.8 Å². The first-order valence-corrected chi connectivity index (χ1v) is 10.7. The molecular weight excluding hydrogens is 409 g/mol. The molecule has 0 aromatic heterocycles. The number of nitrogens with zero attached hydrogens (tertiary/aromatic N) is 1. The van der Waals surface area contributed by atoms with E-state index in [1.54, 1.807) is 17.0 Å². The maximum Gasteiger partial charge on any atom is 0.266 e. The van der Waals surface area contributed by atoms with Crippen LogP contribution in [0, 0.1) is 5.82 Å². The summed E-state index contributed by atoms with van der Waals surface area (Å²) in [5, 5.41) is 0. The van der Waals surface area contributed by atoms with Gasteiger partial charge in [-0.25, -0.2) is 4.39 Å². The molecule has 7 heteroatoms. The normalized spacial score (nSPS) is 20.7. The smallest absolute Gasteiger partial charge is 0.266 e. The van der Waals surface area contributed by atoms with E-state index in [1.807, 2.05) is 30.3 Å². The lowest BCUT2D eigenvalue weighted by atomic mass is 10.1. The zero-order chi connectivity index (χ0) is 20.2. The van der Waals surface area contributed by atoms with Crippen LogP contribution in [0.5, 0.6) is 5.75 Å². The first kappa shape index (κ1) is 20.1. The lowest BCUT2D eigenvalue weighted by Gasteiger charge is -2.18. The molecule has 2 aromatic carbocycles. The number of benzene rings is 2. The van der Waals surface area contributed by atoms with Gasteiger partial charge in [-0.1, -0.05) is 54.3 Å². The summed E-state index contributed by atoms with van der Waals surface area (Å²) >= 11 is 6.71. The SMILES string of the molecule is O=C1/C(=C/c2ccccc2OCc2ccc(F)cc2)SC(=S)N1C[C@@H]1CCCO1. The molecule has 2 aliphatic rings. The number of ether oxygens (including phenoxy) is 2. The number of amides is 1. The van der Waals surface area contributed by atoms with Crippen molar-refractivity contribution in [2.45, 2.75) is 25.6 Å². The van der Waals surface area contributed by atoms with E-state index in [4.69, 9.17) is 21.7 Å². The van der Waals surface area contributed by atoms with Gasteiger partial charge in [-0.3, -0.25) is 9.69 Å². The molecule has 0 spiro atoms. The third kappa shape index (κ3) is 4.86. The molecule has 150 valence electrons.